The number of benzene rings is 2. The van der Waals surface area contributed by atoms with E-state index in [4.69, 9.17) is 14.5 Å². The zero-order chi connectivity index (χ0) is 32.8. The molecule has 3 amide bonds. The Kier molecular flexibility index (Phi) is 7.99. The molecule has 1 saturated carbocycles. The lowest BCUT2D eigenvalue weighted by molar-refractivity contribution is -0.136. The largest absolute Gasteiger partial charge is 0.493 e. The minimum atomic E-state index is -0.969. The maximum absolute atomic E-state index is 14.2. The van der Waals surface area contributed by atoms with Crippen molar-refractivity contribution in [2.24, 2.45) is 12.5 Å². The highest BCUT2D eigenvalue weighted by molar-refractivity contribution is 5.95. The molecule has 4 aromatic rings. The van der Waals surface area contributed by atoms with Crippen molar-refractivity contribution in [1.29, 1.82) is 0 Å². The van der Waals surface area contributed by atoms with Crippen molar-refractivity contribution in [2.75, 3.05) is 26.4 Å². The maximum Gasteiger partial charge on any atom is 0.270 e. The molecule has 4 atom stereocenters. The highest BCUT2D eigenvalue weighted by atomic mass is 16.5. The number of hydrogen-bond acceptors (Lipinski definition) is 7. The standard InChI is InChI=1S/C35H41N7O5/c1-4-36-32(44)29(34(2)13-7-14-34)41-33(45)35(15-17-46-20-35)21-10-11-24-25(18-21)39-30(38-24)28(40-31(43)26-12-16-37-42(26)3)23-19-47-27-9-6-5-8-22(23)27/h5-6,8-12,16,18,23,28-29H,4,7,13-15,17,19-20H2,1-3H3,(H,36,44)(H,38,39)(H,40,43)(H,41,45)/t23-,28-,29-,35?/m0/s1. The number of imidazole rings is 1. The van der Waals surface area contributed by atoms with Gasteiger partial charge in [-0.05, 0) is 61.4 Å². The Morgan fingerprint density at radius 1 is 1.11 bits per heavy atom. The number of aromatic amines is 1. The van der Waals surface area contributed by atoms with Crippen LogP contribution in [-0.2, 0) is 26.8 Å². The Morgan fingerprint density at radius 3 is 2.64 bits per heavy atom. The molecule has 7 rings (SSSR count). The van der Waals surface area contributed by atoms with Gasteiger partial charge in [-0.1, -0.05) is 37.6 Å². The van der Waals surface area contributed by atoms with E-state index >= 15 is 0 Å². The number of hydrogen-bond donors (Lipinski definition) is 4. The Bertz CT molecular complexity index is 1820. The summed E-state index contributed by atoms with van der Waals surface area (Å²) in [5.74, 6) is 0.528. The monoisotopic (exact) mass is 639 g/mol. The van der Waals surface area contributed by atoms with Gasteiger partial charge in [0.15, 0.2) is 0 Å². The third kappa shape index (κ3) is 5.44. The van der Waals surface area contributed by atoms with Crippen molar-refractivity contribution in [3.8, 4) is 5.75 Å². The summed E-state index contributed by atoms with van der Waals surface area (Å²) >= 11 is 0. The van der Waals surface area contributed by atoms with Crippen LogP contribution in [-0.4, -0.2) is 69.9 Å². The summed E-state index contributed by atoms with van der Waals surface area (Å²) < 4.78 is 13.4. The number of carbonyl (C=O) groups excluding carboxylic acids is 3. The van der Waals surface area contributed by atoms with E-state index in [9.17, 15) is 14.4 Å². The third-order valence-electron chi connectivity index (χ3n) is 10.4. The summed E-state index contributed by atoms with van der Waals surface area (Å²) in [6.45, 7) is 5.47. The van der Waals surface area contributed by atoms with Crippen molar-refractivity contribution in [3.05, 3.63) is 77.4 Å². The van der Waals surface area contributed by atoms with E-state index < -0.39 is 17.5 Å². The lowest BCUT2D eigenvalue weighted by atomic mass is 9.65. The first-order valence-corrected chi connectivity index (χ1v) is 16.4. The molecule has 1 aliphatic carbocycles. The number of nitrogens with one attached hydrogen (secondary N) is 4. The molecule has 0 bridgehead atoms. The molecule has 4 N–H and O–H groups in total. The summed E-state index contributed by atoms with van der Waals surface area (Å²) in [6.07, 6.45) is 4.88. The van der Waals surface area contributed by atoms with Gasteiger partial charge in [0, 0.05) is 37.9 Å². The summed E-state index contributed by atoms with van der Waals surface area (Å²) in [4.78, 5) is 49.3. The second-order valence-corrected chi connectivity index (χ2v) is 13.3. The van der Waals surface area contributed by atoms with Crippen molar-refractivity contribution >= 4 is 28.8 Å². The van der Waals surface area contributed by atoms with Gasteiger partial charge in [0.05, 0.1) is 35.7 Å². The number of fused-ring (bicyclic) bond motifs is 2. The fourth-order valence-electron chi connectivity index (χ4n) is 7.33. The highest BCUT2D eigenvalue weighted by Crippen LogP contribution is 2.45. The predicted octanol–water partition coefficient (Wildman–Crippen LogP) is 3.41. The number of likely N-dealkylation sites (N-methyl/N-ethyl adjacent to an activating group) is 1. The third-order valence-corrected chi connectivity index (χ3v) is 10.4. The second kappa shape index (κ2) is 12.1. The zero-order valence-electron chi connectivity index (χ0n) is 27.0. The topological polar surface area (TPSA) is 152 Å². The number of H-pyrrole nitrogens is 1. The van der Waals surface area contributed by atoms with E-state index in [1.54, 1.807) is 19.3 Å². The fraction of sp³-hybridized carbons (Fsp3) is 0.457. The number of ether oxygens (including phenoxy) is 2. The summed E-state index contributed by atoms with van der Waals surface area (Å²) in [7, 11) is 1.73. The number of rotatable bonds is 10. The van der Waals surface area contributed by atoms with Gasteiger partial charge in [-0.2, -0.15) is 5.10 Å². The van der Waals surface area contributed by atoms with Gasteiger partial charge in [0.2, 0.25) is 11.8 Å². The minimum absolute atomic E-state index is 0.152. The SMILES string of the molecule is CCNC(=O)[C@H](NC(=O)C1(c2ccc3[nH]c([C@@H](NC(=O)c4ccnn4C)[C@H]4COc5ccccc54)nc3c2)CCOC1)C1(C)CCC1. The van der Waals surface area contributed by atoms with Crippen LogP contribution in [0.25, 0.3) is 11.0 Å². The second-order valence-electron chi connectivity index (χ2n) is 13.3. The van der Waals surface area contributed by atoms with Gasteiger partial charge < -0.3 is 30.4 Å². The molecule has 0 spiro atoms. The molecular formula is C35H41N7O5. The average molecular weight is 640 g/mol. The molecule has 0 radical (unpaired) electrons. The van der Waals surface area contributed by atoms with Crippen molar-refractivity contribution in [1.82, 2.24) is 35.7 Å². The van der Waals surface area contributed by atoms with E-state index in [1.807, 2.05) is 49.4 Å². The quantitative estimate of drug-likeness (QED) is 0.208. The smallest absolute Gasteiger partial charge is 0.270 e. The van der Waals surface area contributed by atoms with Crippen LogP contribution in [0.3, 0.4) is 0 Å². The van der Waals surface area contributed by atoms with Crippen LogP contribution in [0.4, 0.5) is 0 Å². The van der Waals surface area contributed by atoms with Crippen molar-refractivity contribution < 1.29 is 23.9 Å². The summed E-state index contributed by atoms with van der Waals surface area (Å²) in [6, 6.07) is 14.1. The summed E-state index contributed by atoms with van der Waals surface area (Å²) in [5, 5.41) is 13.4. The van der Waals surface area contributed by atoms with Crippen LogP contribution in [0.15, 0.2) is 54.7 Å². The molecule has 1 unspecified atom stereocenters. The van der Waals surface area contributed by atoms with E-state index in [1.165, 1.54) is 4.68 Å². The first-order chi connectivity index (χ1) is 22.7. The number of para-hydroxylation sites is 1. The Labute approximate surface area is 273 Å². The first kappa shape index (κ1) is 30.9. The van der Waals surface area contributed by atoms with Crippen LogP contribution < -0.4 is 20.7 Å². The number of nitrogens with zero attached hydrogens (tertiary/aromatic N) is 3. The fourth-order valence-corrected chi connectivity index (χ4v) is 7.33. The van der Waals surface area contributed by atoms with Crippen molar-refractivity contribution in [3.63, 3.8) is 0 Å². The van der Waals surface area contributed by atoms with Crippen LogP contribution in [0, 0.1) is 5.41 Å². The summed E-state index contributed by atoms with van der Waals surface area (Å²) in [5.41, 5.74) is 2.37. The molecule has 2 aliphatic heterocycles. The maximum atomic E-state index is 14.2. The molecule has 246 valence electrons. The predicted molar refractivity (Wildman–Crippen MR) is 174 cm³/mol. The Morgan fingerprint density at radius 2 is 1.94 bits per heavy atom. The number of carbonyl (C=O) groups is 3. The lowest BCUT2D eigenvalue weighted by Crippen LogP contribution is -2.61. The molecule has 3 aliphatic rings. The van der Waals surface area contributed by atoms with Crippen LogP contribution >= 0.6 is 0 Å². The van der Waals surface area contributed by atoms with Gasteiger partial charge in [-0.15, -0.1) is 0 Å². The minimum Gasteiger partial charge on any atom is -0.493 e. The number of aromatic nitrogens is 4. The van der Waals surface area contributed by atoms with E-state index in [-0.39, 0.29) is 35.7 Å². The molecule has 4 heterocycles. The van der Waals surface area contributed by atoms with Crippen molar-refractivity contribution in [2.45, 2.75) is 62.9 Å². The Balaban J connectivity index is 1.22. The molecule has 2 aromatic heterocycles. The molecule has 2 fully saturated rings. The van der Waals surface area contributed by atoms with Gasteiger partial charge in [0.1, 0.15) is 23.3 Å². The van der Waals surface area contributed by atoms with Gasteiger partial charge in [-0.3, -0.25) is 19.1 Å². The molecule has 12 heteroatoms. The van der Waals surface area contributed by atoms with Crippen LogP contribution in [0.1, 0.15) is 78.9 Å². The van der Waals surface area contributed by atoms with E-state index in [2.05, 4.69) is 33.0 Å². The molecule has 47 heavy (non-hydrogen) atoms. The zero-order valence-corrected chi connectivity index (χ0v) is 27.0. The molecule has 12 nitrogen and oxygen atoms in total. The molecule has 1 saturated heterocycles. The average Bonchev–Trinajstić information content (AvgIpc) is 3.87. The van der Waals surface area contributed by atoms with Gasteiger partial charge in [0.25, 0.3) is 5.91 Å². The molecule has 2 aromatic carbocycles. The molecular weight excluding hydrogens is 598 g/mol. The first-order valence-electron chi connectivity index (χ1n) is 16.4. The van der Waals surface area contributed by atoms with E-state index in [0.717, 1.165) is 41.7 Å². The van der Waals surface area contributed by atoms with E-state index in [0.29, 0.717) is 43.2 Å². The lowest BCUT2D eigenvalue weighted by Gasteiger charge is -2.45. The normalized spacial score (nSPS) is 22.5. The Hall–Kier alpha value is -4.71. The van der Waals surface area contributed by atoms with Crippen LogP contribution in [0.2, 0.25) is 0 Å². The number of amides is 3. The van der Waals surface area contributed by atoms with Gasteiger partial charge in [-0.25, -0.2) is 4.98 Å². The number of aryl methyl sites for hydroxylation is 1. The van der Waals surface area contributed by atoms with Gasteiger partial charge >= 0.3 is 0 Å². The highest BCUT2D eigenvalue weighted by Gasteiger charge is 2.50. The van der Waals surface area contributed by atoms with Crippen LogP contribution in [0.5, 0.6) is 5.75 Å².